The molecule has 0 radical (unpaired) electrons. The number of nitrogens with one attached hydrogen (secondary N) is 2. The molecule has 2 N–H and O–H groups in total. The predicted molar refractivity (Wildman–Crippen MR) is 108 cm³/mol. The third-order valence-electron chi connectivity index (χ3n) is 5.24. The van der Waals surface area contributed by atoms with Crippen molar-refractivity contribution in [3.8, 4) is 0 Å². The van der Waals surface area contributed by atoms with E-state index in [1.165, 1.54) is 0 Å². The topological polar surface area (TPSA) is 96.3 Å². The van der Waals surface area contributed by atoms with E-state index in [0.717, 1.165) is 12.0 Å². The van der Waals surface area contributed by atoms with Crippen LogP contribution in [0.4, 0.5) is 0 Å². The van der Waals surface area contributed by atoms with Crippen molar-refractivity contribution in [2.24, 2.45) is 13.0 Å². The number of rotatable bonds is 7. The van der Waals surface area contributed by atoms with E-state index in [2.05, 4.69) is 15.6 Å². The van der Waals surface area contributed by atoms with Crippen LogP contribution >= 0.6 is 0 Å². The van der Waals surface area contributed by atoms with Crippen LogP contribution in [0.5, 0.6) is 0 Å². The van der Waals surface area contributed by atoms with Gasteiger partial charge in [-0.15, -0.1) is 0 Å². The number of carbonyl (C=O) groups excluding carboxylic acids is 3. The Morgan fingerprint density at radius 1 is 1.24 bits per heavy atom. The van der Waals surface area contributed by atoms with Gasteiger partial charge in [0.2, 0.25) is 11.8 Å². The summed E-state index contributed by atoms with van der Waals surface area (Å²) in [7, 11) is 3.55. The fourth-order valence-corrected chi connectivity index (χ4v) is 3.60. The van der Waals surface area contributed by atoms with E-state index < -0.39 is 12.0 Å². The highest BCUT2D eigenvalue weighted by molar-refractivity contribution is 5.94. The Bertz CT molecular complexity index is 907. The highest BCUT2D eigenvalue weighted by atomic mass is 16.2. The molecule has 2 atom stereocenters. The van der Waals surface area contributed by atoms with Crippen LogP contribution in [0.3, 0.4) is 0 Å². The molecule has 2 aromatic rings. The summed E-state index contributed by atoms with van der Waals surface area (Å²) in [5.41, 5.74) is 1.39. The summed E-state index contributed by atoms with van der Waals surface area (Å²) in [6.45, 7) is 2.91. The molecule has 0 saturated carbocycles. The lowest BCUT2D eigenvalue weighted by Gasteiger charge is -2.24. The van der Waals surface area contributed by atoms with Gasteiger partial charge < -0.3 is 20.1 Å². The molecule has 1 aromatic heterocycles. The van der Waals surface area contributed by atoms with Crippen LogP contribution in [-0.2, 0) is 23.2 Å². The second-order valence-electron chi connectivity index (χ2n) is 7.33. The summed E-state index contributed by atoms with van der Waals surface area (Å²) < 4.78 is 1.83. The van der Waals surface area contributed by atoms with Crippen LogP contribution in [0.2, 0.25) is 0 Å². The average molecular weight is 397 g/mol. The van der Waals surface area contributed by atoms with Crippen LogP contribution in [0, 0.1) is 5.92 Å². The average Bonchev–Trinajstić information content (AvgIpc) is 3.27. The maximum atomic E-state index is 12.9. The Morgan fingerprint density at radius 3 is 2.72 bits per heavy atom. The van der Waals surface area contributed by atoms with Crippen molar-refractivity contribution in [3.63, 3.8) is 0 Å². The molecule has 1 fully saturated rings. The number of nitrogens with zero attached hydrogens (tertiary/aromatic N) is 3. The zero-order valence-corrected chi connectivity index (χ0v) is 17.0. The summed E-state index contributed by atoms with van der Waals surface area (Å²) >= 11 is 0. The molecular weight excluding hydrogens is 370 g/mol. The highest BCUT2D eigenvalue weighted by Crippen LogP contribution is 2.36. The first kappa shape index (κ1) is 20.6. The Labute approximate surface area is 170 Å². The molecule has 1 aliphatic rings. The standard InChI is InChI=1S/C21H27N5O3/c1-4-8-23-20(28)15-7-5-6-14(11-15)13-24-21(29)16-12-17(27)26(3)18(16)19-22-9-10-25(19)2/h5-7,9-11,16,18H,4,8,12-13H2,1-3H3,(H,23,28)(H,24,29)/t16-,18-/m0/s1. The lowest BCUT2D eigenvalue weighted by molar-refractivity contribution is -0.128. The van der Waals surface area contributed by atoms with E-state index >= 15 is 0 Å². The Morgan fingerprint density at radius 2 is 2.03 bits per heavy atom. The monoisotopic (exact) mass is 397 g/mol. The van der Waals surface area contributed by atoms with Crippen molar-refractivity contribution < 1.29 is 14.4 Å². The van der Waals surface area contributed by atoms with Gasteiger partial charge in [-0.25, -0.2) is 4.98 Å². The van der Waals surface area contributed by atoms with Crippen molar-refractivity contribution in [1.82, 2.24) is 25.1 Å². The summed E-state index contributed by atoms with van der Waals surface area (Å²) in [4.78, 5) is 43.2. The number of hydrogen-bond donors (Lipinski definition) is 2. The Kier molecular flexibility index (Phi) is 6.31. The van der Waals surface area contributed by atoms with Gasteiger partial charge in [-0.2, -0.15) is 0 Å². The minimum Gasteiger partial charge on any atom is -0.352 e. The second-order valence-corrected chi connectivity index (χ2v) is 7.33. The van der Waals surface area contributed by atoms with Crippen molar-refractivity contribution in [1.29, 1.82) is 0 Å². The molecule has 3 amide bonds. The number of imidazole rings is 1. The largest absolute Gasteiger partial charge is 0.352 e. The summed E-state index contributed by atoms with van der Waals surface area (Å²) in [6, 6.07) is 6.78. The van der Waals surface area contributed by atoms with Crippen LogP contribution in [0.25, 0.3) is 0 Å². The summed E-state index contributed by atoms with van der Waals surface area (Å²) in [5, 5.41) is 5.76. The molecule has 0 unspecified atom stereocenters. The van der Waals surface area contributed by atoms with E-state index in [-0.39, 0.29) is 30.7 Å². The number of amides is 3. The quantitative estimate of drug-likeness (QED) is 0.738. The first-order valence-electron chi connectivity index (χ1n) is 9.80. The molecule has 2 heterocycles. The zero-order chi connectivity index (χ0) is 21.0. The first-order chi connectivity index (χ1) is 13.9. The predicted octanol–water partition coefficient (Wildman–Crippen LogP) is 1.40. The number of hydrogen-bond acceptors (Lipinski definition) is 4. The van der Waals surface area contributed by atoms with Gasteiger partial charge in [0.25, 0.3) is 5.91 Å². The molecule has 3 rings (SSSR count). The minimum absolute atomic E-state index is 0.0762. The smallest absolute Gasteiger partial charge is 0.251 e. The van der Waals surface area contributed by atoms with Crippen molar-refractivity contribution in [2.45, 2.75) is 32.4 Å². The number of likely N-dealkylation sites (tertiary alicyclic amines) is 1. The van der Waals surface area contributed by atoms with Crippen molar-refractivity contribution in [2.75, 3.05) is 13.6 Å². The molecule has 1 aliphatic heterocycles. The van der Waals surface area contributed by atoms with Crippen LogP contribution in [-0.4, -0.2) is 45.8 Å². The fourth-order valence-electron chi connectivity index (χ4n) is 3.60. The Hall–Kier alpha value is -3.16. The lowest BCUT2D eigenvalue weighted by Crippen LogP contribution is -2.35. The molecule has 1 aromatic carbocycles. The van der Waals surface area contributed by atoms with E-state index in [9.17, 15) is 14.4 Å². The first-order valence-corrected chi connectivity index (χ1v) is 9.80. The van der Waals surface area contributed by atoms with E-state index in [0.29, 0.717) is 17.9 Å². The van der Waals surface area contributed by atoms with Crippen molar-refractivity contribution >= 4 is 17.7 Å². The van der Waals surface area contributed by atoms with Crippen LogP contribution in [0.15, 0.2) is 36.7 Å². The molecule has 8 nitrogen and oxygen atoms in total. The molecule has 154 valence electrons. The van der Waals surface area contributed by atoms with Gasteiger partial charge in [0.05, 0.1) is 5.92 Å². The fraction of sp³-hybridized carbons (Fsp3) is 0.429. The molecule has 1 saturated heterocycles. The van der Waals surface area contributed by atoms with E-state index in [4.69, 9.17) is 0 Å². The van der Waals surface area contributed by atoms with Gasteiger partial charge in [-0.3, -0.25) is 14.4 Å². The molecule has 8 heteroatoms. The molecule has 29 heavy (non-hydrogen) atoms. The zero-order valence-electron chi connectivity index (χ0n) is 17.0. The highest BCUT2D eigenvalue weighted by Gasteiger charge is 2.44. The maximum absolute atomic E-state index is 12.9. The SMILES string of the molecule is CCCNC(=O)c1cccc(CNC(=O)[C@H]2CC(=O)N(C)[C@@H]2c2nccn2C)c1. The van der Waals surface area contributed by atoms with Gasteiger partial charge >= 0.3 is 0 Å². The minimum atomic E-state index is -0.510. The number of aromatic nitrogens is 2. The number of aryl methyl sites for hydroxylation is 1. The van der Waals surface area contributed by atoms with Gasteiger partial charge in [0.1, 0.15) is 11.9 Å². The van der Waals surface area contributed by atoms with Crippen LogP contribution < -0.4 is 10.6 Å². The van der Waals surface area contributed by atoms with Crippen molar-refractivity contribution in [3.05, 3.63) is 53.6 Å². The lowest BCUT2D eigenvalue weighted by atomic mass is 9.98. The van der Waals surface area contributed by atoms with E-state index in [1.807, 2.05) is 24.6 Å². The van der Waals surface area contributed by atoms with Crippen LogP contribution in [0.1, 0.15) is 47.6 Å². The maximum Gasteiger partial charge on any atom is 0.251 e. The molecule has 0 spiro atoms. The van der Waals surface area contributed by atoms with Gasteiger partial charge in [0, 0.05) is 51.6 Å². The third kappa shape index (κ3) is 4.47. The normalized spacial score (nSPS) is 18.7. The van der Waals surface area contributed by atoms with Gasteiger partial charge in [0.15, 0.2) is 0 Å². The summed E-state index contributed by atoms with van der Waals surface area (Å²) in [5.74, 6) is -0.222. The van der Waals surface area contributed by atoms with E-state index in [1.54, 1.807) is 42.5 Å². The third-order valence-corrected chi connectivity index (χ3v) is 5.24. The second kappa shape index (κ2) is 8.89. The molecular formula is C21H27N5O3. The molecule has 0 bridgehead atoms. The molecule has 0 aliphatic carbocycles. The number of carbonyl (C=O) groups is 3. The summed E-state index contributed by atoms with van der Waals surface area (Å²) in [6.07, 6.45) is 4.48. The van der Waals surface area contributed by atoms with Gasteiger partial charge in [-0.05, 0) is 24.1 Å². The Balaban J connectivity index is 1.68. The number of benzene rings is 1. The van der Waals surface area contributed by atoms with Gasteiger partial charge in [-0.1, -0.05) is 19.1 Å².